The first-order valence-electron chi connectivity index (χ1n) is 4.97. The Labute approximate surface area is 108 Å². The Morgan fingerprint density at radius 3 is 2.78 bits per heavy atom. The van der Waals surface area contributed by atoms with Gasteiger partial charge in [0, 0.05) is 12.3 Å². The van der Waals surface area contributed by atoms with Crippen molar-refractivity contribution in [1.82, 2.24) is 9.97 Å². The van der Waals surface area contributed by atoms with E-state index in [2.05, 4.69) is 15.3 Å². The summed E-state index contributed by atoms with van der Waals surface area (Å²) in [4.78, 5) is 17.1. The molecule has 0 spiro atoms. The summed E-state index contributed by atoms with van der Waals surface area (Å²) in [6, 6.07) is 0. The summed E-state index contributed by atoms with van der Waals surface area (Å²) in [5, 5.41) is 13.1. The van der Waals surface area contributed by atoms with Crippen molar-refractivity contribution in [3.63, 3.8) is 0 Å². The van der Waals surface area contributed by atoms with Crippen LogP contribution < -0.4 is 5.32 Å². The number of sulfone groups is 1. The van der Waals surface area contributed by atoms with E-state index in [4.69, 9.17) is 11.6 Å². The molecule has 0 unspecified atom stereocenters. The van der Waals surface area contributed by atoms with Crippen molar-refractivity contribution in [2.24, 2.45) is 0 Å². The first-order chi connectivity index (χ1) is 8.35. The molecule has 0 amide bonds. The topological polar surface area (TPSA) is 115 Å². The largest absolute Gasteiger partial charge is 0.363 e. The van der Waals surface area contributed by atoms with Crippen molar-refractivity contribution in [2.75, 3.05) is 23.4 Å². The van der Waals surface area contributed by atoms with E-state index in [1.54, 1.807) is 0 Å². The second-order valence-electron chi connectivity index (χ2n) is 3.29. The van der Waals surface area contributed by atoms with Crippen molar-refractivity contribution < 1.29 is 13.3 Å². The number of nitrogens with zero attached hydrogens (tertiary/aromatic N) is 3. The smallest absolute Gasteiger partial charge is 0.329 e. The minimum absolute atomic E-state index is 0.0152. The SMILES string of the molecule is CCS(=O)(=O)CCNc1nc(Cl)ncc1[N+](=O)[O-]. The zero-order valence-corrected chi connectivity index (χ0v) is 11.0. The van der Waals surface area contributed by atoms with E-state index >= 15 is 0 Å². The monoisotopic (exact) mass is 294 g/mol. The van der Waals surface area contributed by atoms with Gasteiger partial charge in [0.15, 0.2) is 9.84 Å². The Kier molecular flexibility index (Phi) is 4.79. The van der Waals surface area contributed by atoms with Crippen LogP contribution >= 0.6 is 11.6 Å². The highest BCUT2D eigenvalue weighted by Gasteiger charge is 2.17. The third-order valence-corrected chi connectivity index (χ3v) is 3.97. The molecular formula is C8H11ClN4O4S. The first kappa shape index (κ1) is 14.6. The van der Waals surface area contributed by atoms with E-state index in [1.807, 2.05) is 0 Å². The maximum atomic E-state index is 11.2. The van der Waals surface area contributed by atoms with Crippen LogP contribution in [0, 0.1) is 10.1 Å². The number of nitrogens with one attached hydrogen (secondary N) is 1. The number of anilines is 1. The van der Waals surface area contributed by atoms with Crippen molar-refractivity contribution in [3.8, 4) is 0 Å². The van der Waals surface area contributed by atoms with E-state index in [0.717, 1.165) is 6.20 Å². The van der Waals surface area contributed by atoms with Gasteiger partial charge in [-0.2, -0.15) is 4.98 Å². The summed E-state index contributed by atoms with van der Waals surface area (Å²) in [6.07, 6.45) is 0.964. The molecule has 0 aliphatic heterocycles. The van der Waals surface area contributed by atoms with Gasteiger partial charge in [-0.05, 0) is 11.6 Å². The fourth-order valence-corrected chi connectivity index (χ4v) is 1.92. The zero-order chi connectivity index (χ0) is 13.8. The maximum absolute atomic E-state index is 11.2. The molecular weight excluding hydrogens is 284 g/mol. The van der Waals surface area contributed by atoms with Gasteiger partial charge in [-0.25, -0.2) is 13.4 Å². The summed E-state index contributed by atoms with van der Waals surface area (Å²) >= 11 is 5.51. The molecule has 8 nitrogen and oxygen atoms in total. The molecule has 10 heteroatoms. The molecule has 0 fully saturated rings. The predicted molar refractivity (Wildman–Crippen MR) is 66.5 cm³/mol. The van der Waals surface area contributed by atoms with Crippen LogP contribution in [0.15, 0.2) is 6.20 Å². The standard InChI is InChI=1S/C8H11ClN4O4S/c1-2-18(16,17)4-3-10-7-6(13(14)15)5-11-8(9)12-7/h5H,2-4H2,1H3,(H,10,11,12). The van der Waals surface area contributed by atoms with Crippen LogP contribution in [-0.2, 0) is 9.84 Å². The van der Waals surface area contributed by atoms with Gasteiger partial charge in [-0.1, -0.05) is 6.92 Å². The van der Waals surface area contributed by atoms with Gasteiger partial charge >= 0.3 is 5.69 Å². The molecule has 100 valence electrons. The summed E-state index contributed by atoms with van der Waals surface area (Å²) in [7, 11) is -3.14. The second-order valence-corrected chi connectivity index (χ2v) is 6.10. The number of nitro groups is 1. The third-order valence-electron chi connectivity index (χ3n) is 2.08. The van der Waals surface area contributed by atoms with Gasteiger partial charge in [-0.3, -0.25) is 10.1 Å². The van der Waals surface area contributed by atoms with Crippen LogP contribution in [0.1, 0.15) is 6.92 Å². The summed E-state index contributed by atoms with van der Waals surface area (Å²) in [5.74, 6) is -0.213. The van der Waals surface area contributed by atoms with Gasteiger partial charge in [0.2, 0.25) is 11.1 Å². The highest BCUT2D eigenvalue weighted by Crippen LogP contribution is 2.21. The fourth-order valence-electron chi connectivity index (χ4n) is 1.09. The fraction of sp³-hybridized carbons (Fsp3) is 0.500. The summed E-state index contributed by atoms with van der Waals surface area (Å²) in [6.45, 7) is 1.55. The Bertz CT molecular complexity index is 548. The average Bonchev–Trinajstić information content (AvgIpc) is 2.28. The minimum atomic E-state index is -3.14. The lowest BCUT2D eigenvalue weighted by Gasteiger charge is -2.05. The third kappa shape index (κ3) is 4.08. The Morgan fingerprint density at radius 2 is 2.22 bits per heavy atom. The predicted octanol–water partition coefficient (Wildman–Crippen LogP) is 0.885. The number of halogens is 1. The van der Waals surface area contributed by atoms with E-state index in [1.165, 1.54) is 6.92 Å². The van der Waals surface area contributed by atoms with Gasteiger partial charge in [0.25, 0.3) is 0 Å². The van der Waals surface area contributed by atoms with Crippen LogP contribution in [0.2, 0.25) is 5.28 Å². The molecule has 18 heavy (non-hydrogen) atoms. The number of rotatable bonds is 6. The Morgan fingerprint density at radius 1 is 1.56 bits per heavy atom. The quantitative estimate of drug-likeness (QED) is 0.470. The maximum Gasteiger partial charge on any atom is 0.329 e. The van der Waals surface area contributed by atoms with E-state index in [-0.39, 0.29) is 34.8 Å². The molecule has 1 rings (SSSR count). The molecule has 0 radical (unpaired) electrons. The van der Waals surface area contributed by atoms with Crippen molar-refractivity contribution in [3.05, 3.63) is 21.6 Å². The molecule has 0 bridgehead atoms. The lowest BCUT2D eigenvalue weighted by atomic mass is 10.5. The number of aromatic nitrogens is 2. The summed E-state index contributed by atoms with van der Waals surface area (Å²) in [5.41, 5.74) is -0.353. The Balaban J connectivity index is 2.78. The second kappa shape index (κ2) is 5.91. The lowest BCUT2D eigenvalue weighted by Crippen LogP contribution is -2.18. The molecule has 0 aliphatic carbocycles. The van der Waals surface area contributed by atoms with Crippen molar-refractivity contribution in [2.45, 2.75) is 6.92 Å². The highest BCUT2D eigenvalue weighted by molar-refractivity contribution is 7.91. The van der Waals surface area contributed by atoms with Crippen molar-refractivity contribution in [1.29, 1.82) is 0 Å². The van der Waals surface area contributed by atoms with Crippen LogP contribution in [-0.4, -0.2) is 41.4 Å². The average molecular weight is 295 g/mol. The molecule has 0 saturated carbocycles. The van der Waals surface area contributed by atoms with Gasteiger partial charge in [0.05, 0.1) is 10.7 Å². The lowest BCUT2D eigenvalue weighted by molar-refractivity contribution is -0.384. The summed E-state index contributed by atoms with van der Waals surface area (Å²) < 4.78 is 22.5. The van der Waals surface area contributed by atoms with E-state index in [9.17, 15) is 18.5 Å². The molecule has 0 atom stereocenters. The Hall–Kier alpha value is -1.48. The molecule has 1 aromatic rings. The molecule has 0 aliphatic rings. The molecule has 1 heterocycles. The molecule has 0 aromatic carbocycles. The van der Waals surface area contributed by atoms with Gasteiger partial charge in [-0.15, -0.1) is 0 Å². The molecule has 1 N–H and O–H groups in total. The normalized spacial score (nSPS) is 11.2. The van der Waals surface area contributed by atoms with Crippen LogP contribution in [0.25, 0.3) is 0 Å². The van der Waals surface area contributed by atoms with Crippen molar-refractivity contribution >= 4 is 32.9 Å². The first-order valence-corrected chi connectivity index (χ1v) is 7.17. The van der Waals surface area contributed by atoms with E-state index in [0.29, 0.717) is 0 Å². The number of hydrogen-bond donors (Lipinski definition) is 1. The zero-order valence-electron chi connectivity index (χ0n) is 9.46. The van der Waals surface area contributed by atoms with Crippen LogP contribution in [0.4, 0.5) is 11.5 Å². The van der Waals surface area contributed by atoms with Crippen LogP contribution in [0.5, 0.6) is 0 Å². The van der Waals surface area contributed by atoms with E-state index < -0.39 is 14.8 Å². The number of hydrogen-bond acceptors (Lipinski definition) is 7. The van der Waals surface area contributed by atoms with Crippen LogP contribution in [0.3, 0.4) is 0 Å². The highest BCUT2D eigenvalue weighted by atomic mass is 35.5. The minimum Gasteiger partial charge on any atom is -0.363 e. The molecule has 0 saturated heterocycles. The van der Waals surface area contributed by atoms with Gasteiger partial charge in [0.1, 0.15) is 6.20 Å². The molecule has 1 aromatic heterocycles. The van der Waals surface area contributed by atoms with Gasteiger partial charge < -0.3 is 5.32 Å².